The molecule has 0 saturated carbocycles. The Bertz CT molecular complexity index is 1260. The summed E-state index contributed by atoms with van der Waals surface area (Å²) in [5.41, 5.74) is 0.224. The molecule has 0 heterocycles. The molecule has 0 saturated heterocycles. The molecule has 186 valence electrons. The molecule has 0 aromatic heterocycles. The first kappa shape index (κ1) is 26.8. The number of hydrogen-bond donors (Lipinski definition) is 3. The molecule has 0 aliphatic heterocycles. The fourth-order valence-corrected chi connectivity index (χ4v) is 4.74. The van der Waals surface area contributed by atoms with Crippen LogP contribution in [0.2, 0.25) is 0 Å². The third-order valence-corrected chi connectivity index (χ3v) is 6.73. The fourth-order valence-electron chi connectivity index (χ4n) is 2.74. The normalized spacial score (nSPS) is 11.8. The molecule has 0 atom stereocenters. The third kappa shape index (κ3) is 6.76. The quantitative estimate of drug-likeness (QED) is 0.376. The number of ether oxygens (including phenoxy) is 4. The maximum Gasteiger partial charge on any atom is 0.318 e. The summed E-state index contributed by atoms with van der Waals surface area (Å²) in [5, 5.41) is 9.58. The predicted molar refractivity (Wildman–Crippen MR) is 123 cm³/mol. The Hall–Kier alpha value is -3.49. The summed E-state index contributed by atoms with van der Waals surface area (Å²) in [7, 11) is -2.97. The van der Waals surface area contributed by atoms with E-state index in [0.29, 0.717) is 22.8 Å². The molecule has 12 nitrogen and oxygen atoms in total. The van der Waals surface area contributed by atoms with Gasteiger partial charge >= 0.3 is 5.97 Å². The lowest BCUT2D eigenvalue weighted by atomic mass is 10.1. The van der Waals surface area contributed by atoms with E-state index >= 15 is 0 Å². The van der Waals surface area contributed by atoms with Crippen LogP contribution in [0.5, 0.6) is 23.0 Å². The first-order chi connectivity index (χ1) is 16.0. The van der Waals surface area contributed by atoms with Gasteiger partial charge in [-0.1, -0.05) is 0 Å². The smallest absolute Gasteiger partial charge is 0.318 e. The molecular formula is C20H24N2O10S2. The monoisotopic (exact) mass is 516 g/mol. The Kier molecular flexibility index (Phi) is 8.73. The highest BCUT2D eigenvalue weighted by Crippen LogP contribution is 2.35. The maximum atomic E-state index is 12.6. The van der Waals surface area contributed by atoms with Crippen LogP contribution in [-0.2, 0) is 24.8 Å². The van der Waals surface area contributed by atoms with Gasteiger partial charge in [0.15, 0.2) is 0 Å². The van der Waals surface area contributed by atoms with Gasteiger partial charge in [0.1, 0.15) is 34.4 Å². The predicted octanol–water partition coefficient (Wildman–Crippen LogP) is 1.50. The van der Waals surface area contributed by atoms with Crippen LogP contribution in [-0.4, -0.2) is 62.9 Å². The molecular weight excluding hydrogens is 492 g/mol. The van der Waals surface area contributed by atoms with Gasteiger partial charge in [-0.2, -0.15) is 4.72 Å². The SMILES string of the molecule is COc1cc(OC)c(C=CS(=O)(=O)Nc2ccc(OC)c(S(=O)(=O)NCC(=O)O)c2)c(OC)c1. The van der Waals surface area contributed by atoms with Crippen molar-refractivity contribution >= 4 is 37.8 Å². The molecule has 0 fully saturated rings. The van der Waals surface area contributed by atoms with Crippen molar-refractivity contribution < 1.29 is 45.7 Å². The number of methoxy groups -OCH3 is 4. The van der Waals surface area contributed by atoms with Crippen molar-refractivity contribution in [1.82, 2.24) is 4.72 Å². The number of nitrogens with one attached hydrogen (secondary N) is 2. The fraction of sp³-hybridized carbons (Fsp3) is 0.250. The van der Waals surface area contributed by atoms with Crippen LogP contribution in [0.15, 0.2) is 40.6 Å². The molecule has 0 spiro atoms. The zero-order chi connectivity index (χ0) is 25.5. The lowest BCUT2D eigenvalue weighted by molar-refractivity contribution is -0.135. The molecule has 3 N–H and O–H groups in total. The number of carboxylic acids is 1. The molecule has 2 aromatic rings. The number of carboxylic acid groups (broad SMARTS) is 1. The van der Waals surface area contributed by atoms with Gasteiger partial charge in [0.25, 0.3) is 10.0 Å². The molecule has 2 rings (SSSR count). The van der Waals surface area contributed by atoms with Crippen molar-refractivity contribution in [3.8, 4) is 23.0 Å². The number of sulfonamides is 2. The van der Waals surface area contributed by atoms with E-state index in [1.807, 2.05) is 4.72 Å². The van der Waals surface area contributed by atoms with Crippen LogP contribution in [0.4, 0.5) is 5.69 Å². The zero-order valence-corrected chi connectivity index (χ0v) is 20.3. The van der Waals surface area contributed by atoms with E-state index < -0.39 is 37.5 Å². The standard InChI is InChI=1S/C20H24N2O10S2/c1-29-14-10-17(31-3)15(18(11-14)32-4)7-8-33(25,26)22-13-5-6-16(30-2)19(9-13)34(27,28)21-12-20(23)24/h5-11,21-22H,12H2,1-4H3,(H,23,24). The van der Waals surface area contributed by atoms with Crippen molar-refractivity contribution in [3.05, 3.63) is 41.3 Å². The Morgan fingerprint density at radius 2 is 1.50 bits per heavy atom. The van der Waals surface area contributed by atoms with Crippen LogP contribution < -0.4 is 28.4 Å². The Labute approximate surface area is 197 Å². The second-order valence-electron chi connectivity index (χ2n) is 6.48. The van der Waals surface area contributed by atoms with Crippen molar-refractivity contribution in [2.75, 3.05) is 39.7 Å². The topological polar surface area (TPSA) is 167 Å². The van der Waals surface area contributed by atoms with Gasteiger partial charge in [0.2, 0.25) is 10.0 Å². The van der Waals surface area contributed by atoms with Gasteiger partial charge in [0.05, 0.1) is 45.1 Å². The molecule has 0 aliphatic carbocycles. The van der Waals surface area contributed by atoms with Crippen molar-refractivity contribution in [2.24, 2.45) is 0 Å². The van der Waals surface area contributed by atoms with Gasteiger partial charge in [-0.05, 0) is 24.3 Å². The summed E-state index contributed by atoms with van der Waals surface area (Å²) in [6.45, 7) is -0.865. The summed E-state index contributed by atoms with van der Waals surface area (Å²) in [6.07, 6.45) is 1.25. The first-order valence-electron chi connectivity index (χ1n) is 9.36. The van der Waals surface area contributed by atoms with Gasteiger partial charge < -0.3 is 24.1 Å². The van der Waals surface area contributed by atoms with Crippen molar-refractivity contribution in [1.29, 1.82) is 0 Å². The van der Waals surface area contributed by atoms with Gasteiger partial charge in [-0.15, -0.1) is 0 Å². The Morgan fingerprint density at radius 1 is 0.912 bits per heavy atom. The summed E-state index contributed by atoms with van der Waals surface area (Å²) in [6, 6.07) is 6.62. The molecule has 34 heavy (non-hydrogen) atoms. The third-order valence-electron chi connectivity index (χ3n) is 4.29. The number of rotatable bonds is 12. The highest BCUT2D eigenvalue weighted by Gasteiger charge is 2.22. The van der Waals surface area contributed by atoms with E-state index in [4.69, 9.17) is 24.1 Å². The molecule has 0 bridgehead atoms. The number of carbonyl (C=O) groups is 1. The van der Waals surface area contributed by atoms with Gasteiger partial charge in [-0.3, -0.25) is 9.52 Å². The van der Waals surface area contributed by atoms with Gasteiger partial charge in [-0.25, -0.2) is 16.8 Å². The minimum absolute atomic E-state index is 0.102. The summed E-state index contributed by atoms with van der Waals surface area (Å²) in [4.78, 5) is 10.3. The van der Waals surface area contributed by atoms with E-state index in [-0.39, 0.29) is 11.4 Å². The highest BCUT2D eigenvalue weighted by atomic mass is 32.2. The van der Waals surface area contributed by atoms with Crippen LogP contribution in [0, 0.1) is 0 Å². The van der Waals surface area contributed by atoms with Crippen LogP contribution in [0.25, 0.3) is 6.08 Å². The molecule has 2 aromatic carbocycles. The highest BCUT2D eigenvalue weighted by molar-refractivity contribution is 7.95. The first-order valence-corrected chi connectivity index (χ1v) is 12.4. The molecule has 0 amide bonds. The van der Waals surface area contributed by atoms with E-state index in [2.05, 4.69) is 4.72 Å². The van der Waals surface area contributed by atoms with Crippen LogP contribution in [0.1, 0.15) is 5.56 Å². The minimum Gasteiger partial charge on any atom is -0.496 e. The second-order valence-corrected chi connectivity index (χ2v) is 9.78. The summed E-state index contributed by atoms with van der Waals surface area (Å²) >= 11 is 0. The molecule has 0 unspecified atom stereocenters. The second kappa shape index (κ2) is 11.1. The number of anilines is 1. The van der Waals surface area contributed by atoms with Crippen LogP contribution in [0.3, 0.4) is 0 Å². The summed E-state index contributed by atoms with van der Waals surface area (Å²) in [5.74, 6) is -0.469. The van der Waals surface area contributed by atoms with E-state index in [9.17, 15) is 21.6 Å². The molecule has 14 heteroatoms. The summed E-state index contributed by atoms with van der Waals surface area (Å²) < 4.78 is 75.0. The van der Waals surface area contributed by atoms with E-state index in [1.165, 1.54) is 46.6 Å². The van der Waals surface area contributed by atoms with Crippen molar-refractivity contribution in [2.45, 2.75) is 4.90 Å². The largest absolute Gasteiger partial charge is 0.496 e. The van der Waals surface area contributed by atoms with Crippen molar-refractivity contribution in [3.63, 3.8) is 0 Å². The lowest BCUT2D eigenvalue weighted by Crippen LogP contribution is -2.29. The zero-order valence-electron chi connectivity index (χ0n) is 18.7. The van der Waals surface area contributed by atoms with Gasteiger partial charge in [0, 0.05) is 12.1 Å². The average molecular weight is 517 g/mol. The Morgan fingerprint density at radius 3 is 2.00 bits per heavy atom. The lowest BCUT2D eigenvalue weighted by Gasteiger charge is -2.13. The number of aliphatic carboxylic acids is 1. The number of hydrogen-bond acceptors (Lipinski definition) is 9. The molecule has 0 radical (unpaired) electrons. The van der Waals surface area contributed by atoms with E-state index in [1.54, 1.807) is 12.1 Å². The average Bonchev–Trinajstić information content (AvgIpc) is 2.80. The van der Waals surface area contributed by atoms with Crippen LogP contribution >= 0.6 is 0 Å². The van der Waals surface area contributed by atoms with E-state index in [0.717, 1.165) is 11.5 Å². The number of benzene rings is 2. The minimum atomic E-state index is -4.31. The molecule has 0 aliphatic rings. The Balaban J connectivity index is 2.39. The maximum absolute atomic E-state index is 12.6.